The lowest BCUT2D eigenvalue weighted by molar-refractivity contribution is -0.142. The molecule has 0 spiro atoms. The van der Waals surface area contributed by atoms with Crippen LogP contribution in [-0.2, 0) is 9.53 Å². The molecule has 0 amide bonds. The summed E-state index contributed by atoms with van der Waals surface area (Å²) >= 11 is 0. The van der Waals surface area contributed by atoms with E-state index in [1.807, 2.05) is 32.0 Å². The van der Waals surface area contributed by atoms with Crippen molar-refractivity contribution in [3.63, 3.8) is 0 Å². The van der Waals surface area contributed by atoms with Gasteiger partial charge in [0.2, 0.25) is 0 Å². The molecule has 1 atom stereocenters. The van der Waals surface area contributed by atoms with E-state index in [9.17, 15) is 4.79 Å². The molecule has 0 heterocycles. The highest BCUT2D eigenvalue weighted by Crippen LogP contribution is 2.27. The molecule has 0 aliphatic rings. The van der Waals surface area contributed by atoms with E-state index in [2.05, 4.69) is 13.8 Å². The van der Waals surface area contributed by atoms with Gasteiger partial charge in [-0.1, -0.05) is 136 Å². The van der Waals surface area contributed by atoms with Crippen LogP contribution in [0.15, 0.2) is 24.3 Å². The molecule has 4 nitrogen and oxygen atoms in total. The summed E-state index contributed by atoms with van der Waals surface area (Å²) < 4.78 is 17.7. The lowest BCUT2D eigenvalue weighted by Gasteiger charge is -2.13. The predicted molar refractivity (Wildman–Crippen MR) is 176 cm³/mol. The van der Waals surface area contributed by atoms with Crippen molar-refractivity contribution < 1.29 is 19.0 Å². The van der Waals surface area contributed by atoms with E-state index in [1.54, 1.807) is 6.08 Å². The van der Waals surface area contributed by atoms with Crippen LogP contribution in [0.25, 0.3) is 6.08 Å². The maximum absolute atomic E-state index is 12.2. The van der Waals surface area contributed by atoms with Gasteiger partial charge in [0, 0.05) is 17.7 Å². The van der Waals surface area contributed by atoms with Crippen molar-refractivity contribution in [3.8, 4) is 11.5 Å². The number of carbonyl (C=O) groups is 1. The van der Waals surface area contributed by atoms with Crippen molar-refractivity contribution >= 4 is 12.0 Å². The maximum atomic E-state index is 12.2. The van der Waals surface area contributed by atoms with Crippen LogP contribution in [0.1, 0.15) is 168 Å². The van der Waals surface area contributed by atoms with E-state index in [-0.39, 0.29) is 12.1 Å². The number of rotatable bonds is 28. The minimum absolute atomic E-state index is 0.0826. The summed E-state index contributed by atoms with van der Waals surface area (Å²) in [4.78, 5) is 12.2. The molecule has 0 fully saturated rings. The van der Waals surface area contributed by atoms with Crippen molar-refractivity contribution in [1.82, 2.24) is 0 Å². The molecule has 1 unspecified atom stereocenters. The molecule has 0 saturated heterocycles. The van der Waals surface area contributed by atoms with Gasteiger partial charge in [0.25, 0.3) is 0 Å². The monoisotopic (exact) mass is 572 g/mol. The highest BCUT2D eigenvalue weighted by molar-refractivity contribution is 5.87. The van der Waals surface area contributed by atoms with E-state index < -0.39 is 0 Å². The smallest absolute Gasteiger partial charge is 0.331 e. The molecule has 0 aromatic heterocycles. The molecule has 236 valence electrons. The number of benzene rings is 1. The topological polar surface area (TPSA) is 44.8 Å². The predicted octanol–water partition coefficient (Wildman–Crippen LogP) is 11.6. The number of hydrogen-bond donors (Lipinski definition) is 0. The molecule has 0 saturated carbocycles. The van der Waals surface area contributed by atoms with Gasteiger partial charge in [-0.05, 0) is 44.4 Å². The molecular formula is C37H64O4. The molecule has 0 bridgehead atoms. The molecule has 1 aromatic rings. The zero-order valence-corrected chi connectivity index (χ0v) is 27.4. The van der Waals surface area contributed by atoms with Crippen LogP contribution in [0.2, 0.25) is 0 Å². The van der Waals surface area contributed by atoms with Crippen LogP contribution < -0.4 is 9.47 Å². The summed E-state index contributed by atoms with van der Waals surface area (Å²) in [5.41, 5.74) is 0.879. The number of hydrogen-bond acceptors (Lipinski definition) is 4. The van der Waals surface area contributed by atoms with Gasteiger partial charge in [-0.25, -0.2) is 4.79 Å². The van der Waals surface area contributed by atoms with Crippen LogP contribution >= 0.6 is 0 Å². The van der Waals surface area contributed by atoms with Gasteiger partial charge in [-0.3, -0.25) is 0 Å². The molecule has 1 aromatic carbocycles. The Hall–Kier alpha value is -1.97. The maximum Gasteiger partial charge on any atom is 0.331 e. The average Bonchev–Trinajstić information content (AvgIpc) is 2.98. The second-order valence-electron chi connectivity index (χ2n) is 11.7. The molecule has 0 N–H and O–H groups in total. The van der Waals surface area contributed by atoms with Gasteiger partial charge in [-0.2, -0.15) is 0 Å². The van der Waals surface area contributed by atoms with Gasteiger partial charge >= 0.3 is 5.97 Å². The minimum atomic E-state index is -0.318. The Morgan fingerprint density at radius 2 is 1.12 bits per heavy atom. The third-order valence-electron chi connectivity index (χ3n) is 7.80. The van der Waals surface area contributed by atoms with Crippen molar-refractivity contribution in [2.75, 3.05) is 13.2 Å². The van der Waals surface area contributed by atoms with Crippen molar-refractivity contribution in [2.24, 2.45) is 0 Å². The summed E-state index contributed by atoms with van der Waals surface area (Å²) in [6.07, 6.45) is 30.2. The van der Waals surface area contributed by atoms with Crippen molar-refractivity contribution in [3.05, 3.63) is 29.8 Å². The Balaban J connectivity index is 2.45. The van der Waals surface area contributed by atoms with E-state index in [0.29, 0.717) is 6.61 Å². The number of carbonyl (C=O) groups excluding carboxylic acids is 1. The summed E-state index contributed by atoms with van der Waals surface area (Å²) in [5.74, 6) is 1.29. The zero-order chi connectivity index (χ0) is 29.8. The average molecular weight is 573 g/mol. The van der Waals surface area contributed by atoms with Crippen LogP contribution in [0.5, 0.6) is 11.5 Å². The van der Waals surface area contributed by atoms with Gasteiger partial charge in [0.15, 0.2) is 0 Å². The SMILES string of the molecule is CCCCCCCCCCCCOc1ccc(C=CC(=O)OC(C)CC)c(OCCCCCCCCCCCC)c1. The minimum Gasteiger partial charge on any atom is -0.493 e. The largest absolute Gasteiger partial charge is 0.493 e. The number of ether oxygens (including phenoxy) is 3. The van der Waals surface area contributed by atoms with Gasteiger partial charge in [0.1, 0.15) is 11.5 Å². The Kier molecular flexibility index (Phi) is 24.3. The summed E-state index contributed by atoms with van der Waals surface area (Å²) in [6, 6.07) is 5.93. The van der Waals surface area contributed by atoms with Gasteiger partial charge in [-0.15, -0.1) is 0 Å². The Labute approximate surface area is 254 Å². The standard InChI is InChI=1S/C37H64O4/c1-5-8-10-12-14-16-18-20-22-24-30-39-35-28-26-34(27-29-37(38)41-33(4)7-3)36(32-35)40-31-25-23-21-19-17-15-13-11-9-6-2/h26-29,32-33H,5-25,30-31H2,1-4H3. The van der Waals surface area contributed by atoms with E-state index >= 15 is 0 Å². The molecule has 1 rings (SSSR count). The summed E-state index contributed by atoms with van der Waals surface area (Å²) in [5, 5.41) is 0. The third-order valence-corrected chi connectivity index (χ3v) is 7.80. The normalized spacial score (nSPS) is 12.1. The quantitative estimate of drug-likeness (QED) is 0.0569. The fourth-order valence-corrected chi connectivity index (χ4v) is 4.90. The molecule has 0 radical (unpaired) electrons. The van der Waals surface area contributed by atoms with Crippen molar-refractivity contribution in [2.45, 2.75) is 169 Å². The Morgan fingerprint density at radius 1 is 0.659 bits per heavy atom. The lowest BCUT2D eigenvalue weighted by atomic mass is 10.1. The van der Waals surface area contributed by atoms with Crippen LogP contribution in [0.4, 0.5) is 0 Å². The van der Waals surface area contributed by atoms with E-state index in [4.69, 9.17) is 14.2 Å². The number of unbranched alkanes of at least 4 members (excludes halogenated alkanes) is 18. The molecule has 4 heteroatoms. The first kappa shape index (κ1) is 37.1. The molecular weight excluding hydrogens is 508 g/mol. The third kappa shape index (κ3) is 21.4. The van der Waals surface area contributed by atoms with Crippen molar-refractivity contribution in [1.29, 1.82) is 0 Å². The first-order valence-electron chi connectivity index (χ1n) is 17.4. The lowest BCUT2D eigenvalue weighted by Crippen LogP contribution is -2.11. The fourth-order valence-electron chi connectivity index (χ4n) is 4.90. The second-order valence-corrected chi connectivity index (χ2v) is 11.7. The second kappa shape index (κ2) is 26.9. The zero-order valence-electron chi connectivity index (χ0n) is 27.4. The van der Waals surface area contributed by atoms with Crippen LogP contribution in [-0.4, -0.2) is 25.3 Å². The van der Waals surface area contributed by atoms with Crippen LogP contribution in [0, 0.1) is 0 Å². The van der Waals surface area contributed by atoms with E-state index in [1.165, 1.54) is 122 Å². The Bertz CT molecular complexity index is 772. The molecule has 41 heavy (non-hydrogen) atoms. The highest BCUT2D eigenvalue weighted by atomic mass is 16.5. The van der Waals surface area contributed by atoms with Gasteiger partial charge in [0.05, 0.1) is 19.3 Å². The molecule has 0 aliphatic carbocycles. The highest BCUT2D eigenvalue weighted by Gasteiger charge is 2.08. The fraction of sp³-hybridized carbons (Fsp3) is 0.757. The summed E-state index contributed by atoms with van der Waals surface area (Å²) in [7, 11) is 0. The van der Waals surface area contributed by atoms with Gasteiger partial charge < -0.3 is 14.2 Å². The summed E-state index contributed by atoms with van der Waals surface area (Å²) in [6.45, 7) is 9.87. The first-order valence-corrected chi connectivity index (χ1v) is 17.4. The number of esters is 1. The van der Waals surface area contributed by atoms with Crippen LogP contribution in [0.3, 0.4) is 0 Å². The molecule has 0 aliphatic heterocycles. The van der Waals surface area contributed by atoms with E-state index in [0.717, 1.165) is 42.9 Å². The Morgan fingerprint density at radius 3 is 1.61 bits per heavy atom. The first-order chi connectivity index (χ1) is 20.1.